The third-order valence-corrected chi connectivity index (χ3v) is 1.94. The molecular weight excluding hydrogens is 156 g/mol. The highest BCUT2D eigenvalue weighted by atomic mass is 16.6. The molecule has 3 heteroatoms. The predicted molar refractivity (Wildman–Crippen MR) is 41.7 cm³/mol. The van der Waals surface area contributed by atoms with Gasteiger partial charge in [0, 0.05) is 5.56 Å². The molecule has 0 aromatic heterocycles. The zero-order valence-corrected chi connectivity index (χ0v) is 6.36. The fourth-order valence-electron chi connectivity index (χ4n) is 1.36. The topological polar surface area (TPSA) is 46.5 Å². The van der Waals surface area contributed by atoms with Crippen molar-refractivity contribution in [3.05, 3.63) is 35.4 Å². The van der Waals surface area contributed by atoms with E-state index in [1.165, 1.54) is 0 Å². The van der Waals surface area contributed by atoms with E-state index in [0.29, 0.717) is 5.56 Å². The van der Waals surface area contributed by atoms with Gasteiger partial charge in [-0.15, -0.1) is 0 Å². The van der Waals surface area contributed by atoms with E-state index in [1.807, 2.05) is 6.07 Å². The lowest BCUT2D eigenvalue weighted by molar-refractivity contribution is 0.0235. The molecule has 1 aliphatic rings. The van der Waals surface area contributed by atoms with Crippen molar-refractivity contribution in [1.82, 2.24) is 0 Å². The molecule has 1 N–H and O–H groups in total. The second-order valence-electron chi connectivity index (χ2n) is 2.66. The van der Waals surface area contributed by atoms with Crippen molar-refractivity contribution in [2.24, 2.45) is 0 Å². The summed E-state index contributed by atoms with van der Waals surface area (Å²) in [5, 5.41) is 8.85. The van der Waals surface area contributed by atoms with Gasteiger partial charge in [0.25, 0.3) is 0 Å². The lowest BCUT2D eigenvalue weighted by atomic mass is 10.1. The lowest BCUT2D eigenvalue weighted by Crippen LogP contribution is -2.02. The maximum atomic E-state index is 11.1. The first-order valence-corrected chi connectivity index (χ1v) is 3.73. The van der Waals surface area contributed by atoms with E-state index in [4.69, 9.17) is 9.84 Å². The quantitative estimate of drug-likeness (QED) is 0.627. The van der Waals surface area contributed by atoms with Gasteiger partial charge >= 0.3 is 5.97 Å². The van der Waals surface area contributed by atoms with Crippen LogP contribution in [0.4, 0.5) is 0 Å². The molecule has 0 saturated carbocycles. The molecule has 1 aromatic rings. The third kappa shape index (κ3) is 0.905. The van der Waals surface area contributed by atoms with Crippen molar-refractivity contribution in [3.8, 4) is 0 Å². The summed E-state index contributed by atoms with van der Waals surface area (Å²) >= 11 is 0. The van der Waals surface area contributed by atoms with Gasteiger partial charge in [-0.1, -0.05) is 18.2 Å². The Morgan fingerprint density at radius 3 is 2.92 bits per heavy atom. The summed E-state index contributed by atoms with van der Waals surface area (Å²) in [6.45, 7) is -0.150. The molecule has 0 bridgehead atoms. The van der Waals surface area contributed by atoms with E-state index in [2.05, 4.69) is 0 Å². The van der Waals surface area contributed by atoms with Crippen LogP contribution in [0.3, 0.4) is 0 Å². The summed E-state index contributed by atoms with van der Waals surface area (Å²) in [7, 11) is 0. The Bertz CT molecular complexity index is 319. The van der Waals surface area contributed by atoms with Gasteiger partial charge in [0.2, 0.25) is 0 Å². The van der Waals surface area contributed by atoms with Crippen LogP contribution in [0.25, 0.3) is 0 Å². The number of cyclic esters (lactones) is 1. The monoisotopic (exact) mass is 164 g/mol. The lowest BCUT2D eigenvalue weighted by Gasteiger charge is -2.04. The molecule has 1 atom stereocenters. The highest BCUT2D eigenvalue weighted by molar-refractivity contribution is 5.93. The van der Waals surface area contributed by atoms with Crippen LogP contribution in [0.2, 0.25) is 0 Å². The Balaban J connectivity index is 2.50. The number of hydrogen-bond acceptors (Lipinski definition) is 3. The number of fused-ring (bicyclic) bond motifs is 1. The van der Waals surface area contributed by atoms with Crippen LogP contribution in [0.15, 0.2) is 24.3 Å². The maximum absolute atomic E-state index is 11.1. The Labute approximate surface area is 69.6 Å². The van der Waals surface area contributed by atoms with Crippen molar-refractivity contribution in [1.29, 1.82) is 0 Å². The SMILES string of the molecule is O=C1O[C@H](CO)c2ccccc21. The average Bonchev–Trinajstić information content (AvgIpc) is 2.44. The van der Waals surface area contributed by atoms with E-state index in [9.17, 15) is 4.79 Å². The number of rotatable bonds is 1. The molecule has 12 heavy (non-hydrogen) atoms. The number of aliphatic hydroxyl groups excluding tert-OH is 1. The van der Waals surface area contributed by atoms with Gasteiger partial charge in [-0.3, -0.25) is 0 Å². The molecule has 0 fully saturated rings. The normalized spacial score (nSPS) is 20.4. The van der Waals surface area contributed by atoms with Gasteiger partial charge in [0.05, 0.1) is 12.2 Å². The summed E-state index contributed by atoms with van der Waals surface area (Å²) in [5.41, 5.74) is 1.35. The molecule has 62 valence electrons. The molecular formula is C9H8O3. The number of benzene rings is 1. The first kappa shape index (κ1) is 7.31. The first-order valence-electron chi connectivity index (χ1n) is 3.73. The molecule has 1 heterocycles. The van der Waals surface area contributed by atoms with Crippen LogP contribution < -0.4 is 0 Å². The molecule has 1 aliphatic heterocycles. The second-order valence-corrected chi connectivity index (χ2v) is 2.66. The van der Waals surface area contributed by atoms with Gasteiger partial charge in [-0.2, -0.15) is 0 Å². The van der Waals surface area contributed by atoms with Crippen LogP contribution in [0.1, 0.15) is 22.0 Å². The van der Waals surface area contributed by atoms with Gasteiger partial charge in [-0.25, -0.2) is 4.79 Å². The third-order valence-electron chi connectivity index (χ3n) is 1.94. The summed E-state index contributed by atoms with van der Waals surface area (Å²) in [6, 6.07) is 7.09. The summed E-state index contributed by atoms with van der Waals surface area (Å²) in [6.07, 6.45) is -0.464. The highest BCUT2D eigenvalue weighted by Crippen LogP contribution is 2.29. The number of carbonyl (C=O) groups is 1. The summed E-state index contributed by atoms with van der Waals surface area (Å²) in [5.74, 6) is -0.343. The largest absolute Gasteiger partial charge is 0.451 e. The van der Waals surface area contributed by atoms with Crippen LogP contribution in [-0.2, 0) is 4.74 Å². The Kier molecular flexibility index (Phi) is 1.59. The molecule has 1 aromatic carbocycles. The van der Waals surface area contributed by atoms with Crippen molar-refractivity contribution in [2.75, 3.05) is 6.61 Å². The number of carbonyl (C=O) groups excluding carboxylic acids is 1. The summed E-state index contributed by atoms with van der Waals surface area (Å²) in [4.78, 5) is 11.1. The Hall–Kier alpha value is -1.35. The molecule has 0 aliphatic carbocycles. The molecule has 0 radical (unpaired) electrons. The van der Waals surface area contributed by atoms with Crippen LogP contribution in [0, 0.1) is 0 Å². The van der Waals surface area contributed by atoms with Gasteiger partial charge in [-0.05, 0) is 6.07 Å². The van der Waals surface area contributed by atoms with Crippen molar-refractivity contribution in [3.63, 3.8) is 0 Å². The number of esters is 1. The van der Waals surface area contributed by atoms with Crippen LogP contribution in [0.5, 0.6) is 0 Å². The number of aliphatic hydroxyl groups is 1. The predicted octanol–water partition coefficient (Wildman–Crippen LogP) is 0.890. The minimum atomic E-state index is -0.464. The summed E-state index contributed by atoms with van der Waals surface area (Å²) < 4.78 is 4.89. The van der Waals surface area contributed by atoms with E-state index in [1.54, 1.807) is 18.2 Å². The standard InChI is InChI=1S/C9H8O3/c10-5-8-6-3-1-2-4-7(6)9(11)12-8/h1-4,8,10H,5H2/t8-/m1/s1. The Morgan fingerprint density at radius 2 is 2.17 bits per heavy atom. The fraction of sp³-hybridized carbons (Fsp3) is 0.222. The average molecular weight is 164 g/mol. The van der Waals surface area contributed by atoms with Gasteiger partial charge in [0.1, 0.15) is 0 Å². The van der Waals surface area contributed by atoms with Gasteiger partial charge < -0.3 is 9.84 Å². The van der Waals surface area contributed by atoms with Crippen molar-refractivity contribution >= 4 is 5.97 Å². The fourth-order valence-corrected chi connectivity index (χ4v) is 1.36. The minimum absolute atomic E-state index is 0.150. The smallest absolute Gasteiger partial charge is 0.339 e. The van der Waals surface area contributed by atoms with Crippen LogP contribution in [-0.4, -0.2) is 17.7 Å². The van der Waals surface area contributed by atoms with E-state index < -0.39 is 6.10 Å². The van der Waals surface area contributed by atoms with Crippen LogP contribution >= 0.6 is 0 Å². The Morgan fingerprint density at radius 1 is 1.42 bits per heavy atom. The molecule has 3 nitrogen and oxygen atoms in total. The van der Waals surface area contributed by atoms with E-state index >= 15 is 0 Å². The van der Waals surface area contributed by atoms with Crippen molar-refractivity contribution in [2.45, 2.75) is 6.10 Å². The minimum Gasteiger partial charge on any atom is -0.451 e. The molecule has 0 amide bonds. The zero-order valence-electron chi connectivity index (χ0n) is 6.36. The molecule has 0 spiro atoms. The van der Waals surface area contributed by atoms with E-state index in [-0.39, 0.29) is 12.6 Å². The highest BCUT2D eigenvalue weighted by Gasteiger charge is 2.29. The number of hydrogen-bond donors (Lipinski definition) is 1. The van der Waals surface area contributed by atoms with Crippen molar-refractivity contribution < 1.29 is 14.6 Å². The molecule has 0 saturated heterocycles. The van der Waals surface area contributed by atoms with E-state index in [0.717, 1.165) is 5.56 Å². The first-order chi connectivity index (χ1) is 5.83. The maximum Gasteiger partial charge on any atom is 0.339 e. The molecule has 0 unspecified atom stereocenters. The second kappa shape index (κ2) is 2.60. The zero-order chi connectivity index (χ0) is 8.55. The van der Waals surface area contributed by atoms with Gasteiger partial charge in [0.15, 0.2) is 6.10 Å². The molecule has 2 rings (SSSR count). The number of ether oxygens (including phenoxy) is 1.